The molecule has 0 aromatic carbocycles. The zero-order chi connectivity index (χ0) is 11.4. The van der Waals surface area contributed by atoms with E-state index in [9.17, 15) is 4.79 Å². The minimum Gasteiger partial charge on any atom is -0.481 e. The number of carbonyl (C=O) groups is 1. The summed E-state index contributed by atoms with van der Waals surface area (Å²) < 4.78 is 4.98. The van der Waals surface area contributed by atoms with Crippen molar-refractivity contribution in [2.75, 3.05) is 0 Å². The number of hydrogen-bond acceptors (Lipinski definition) is 4. The molecule has 16 heavy (non-hydrogen) atoms. The fourth-order valence-electron chi connectivity index (χ4n) is 2.12. The number of carboxylic acids is 1. The van der Waals surface area contributed by atoms with E-state index < -0.39 is 5.97 Å². The third kappa shape index (κ3) is 2.82. The number of nitrogens with one attached hydrogen (secondary N) is 1. The van der Waals surface area contributed by atoms with Crippen molar-refractivity contribution >= 4 is 5.97 Å². The van der Waals surface area contributed by atoms with Crippen molar-refractivity contribution in [1.29, 1.82) is 0 Å². The third-order valence-electron chi connectivity index (χ3n) is 3.13. The van der Waals surface area contributed by atoms with Crippen LogP contribution in [0.5, 0.6) is 0 Å². The molecular weight excluding hydrogens is 208 g/mol. The minimum atomic E-state index is -0.659. The Bertz CT molecular complexity index is 329. The van der Waals surface area contributed by atoms with Crippen LogP contribution in [0.4, 0.5) is 0 Å². The quantitative estimate of drug-likeness (QED) is 0.808. The fourth-order valence-corrected chi connectivity index (χ4v) is 2.12. The van der Waals surface area contributed by atoms with Gasteiger partial charge in [-0.05, 0) is 25.7 Å². The molecule has 0 bridgehead atoms. The van der Waals surface area contributed by atoms with Gasteiger partial charge in [-0.2, -0.15) is 0 Å². The van der Waals surface area contributed by atoms with E-state index >= 15 is 0 Å². The van der Waals surface area contributed by atoms with Crippen LogP contribution < -0.4 is 5.32 Å². The molecular formula is C11H16N2O3. The third-order valence-corrected chi connectivity index (χ3v) is 3.13. The van der Waals surface area contributed by atoms with Gasteiger partial charge in [0.1, 0.15) is 5.76 Å². The van der Waals surface area contributed by atoms with Gasteiger partial charge in [0, 0.05) is 12.1 Å². The lowest BCUT2D eigenvalue weighted by Crippen LogP contribution is -2.34. The summed E-state index contributed by atoms with van der Waals surface area (Å²) in [6, 6.07) is 2.23. The van der Waals surface area contributed by atoms with Gasteiger partial charge in [-0.3, -0.25) is 4.79 Å². The Labute approximate surface area is 93.8 Å². The highest BCUT2D eigenvalue weighted by Crippen LogP contribution is 2.24. The number of rotatable bonds is 4. The Morgan fingerprint density at radius 1 is 1.50 bits per heavy atom. The van der Waals surface area contributed by atoms with E-state index in [0.717, 1.165) is 31.4 Å². The molecule has 5 heteroatoms. The van der Waals surface area contributed by atoms with Crippen LogP contribution in [0.25, 0.3) is 0 Å². The van der Waals surface area contributed by atoms with E-state index in [2.05, 4.69) is 10.5 Å². The molecule has 2 N–H and O–H groups in total. The average Bonchev–Trinajstić information content (AvgIpc) is 2.80. The summed E-state index contributed by atoms with van der Waals surface area (Å²) in [5.41, 5.74) is 0. The second-order valence-electron chi connectivity index (χ2n) is 4.25. The summed E-state index contributed by atoms with van der Waals surface area (Å²) in [5.74, 6) is 0.0115. The molecule has 1 saturated carbocycles. The lowest BCUT2D eigenvalue weighted by atomic mass is 9.86. The normalized spacial score (nSPS) is 25.5. The Balaban J connectivity index is 1.71. The average molecular weight is 224 g/mol. The second kappa shape index (κ2) is 5.12. The maximum atomic E-state index is 10.8. The van der Waals surface area contributed by atoms with E-state index in [1.54, 1.807) is 6.20 Å². The molecule has 1 heterocycles. The molecule has 0 spiro atoms. The number of carboxylic acid groups (broad SMARTS) is 1. The molecule has 1 aliphatic rings. The largest absolute Gasteiger partial charge is 0.481 e. The van der Waals surface area contributed by atoms with E-state index in [4.69, 9.17) is 9.63 Å². The Morgan fingerprint density at radius 2 is 2.25 bits per heavy atom. The molecule has 5 nitrogen and oxygen atoms in total. The van der Waals surface area contributed by atoms with Gasteiger partial charge in [-0.25, -0.2) is 0 Å². The van der Waals surface area contributed by atoms with E-state index in [1.165, 1.54) is 0 Å². The predicted octanol–water partition coefficient (Wildman–Crippen LogP) is 1.41. The van der Waals surface area contributed by atoms with Crippen LogP contribution in [-0.2, 0) is 11.3 Å². The van der Waals surface area contributed by atoms with E-state index in [0.29, 0.717) is 12.6 Å². The van der Waals surface area contributed by atoms with Gasteiger partial charge in [-0.1, -0.05) is 5.16 Å². The van der Waals surface area contributed by atoms with Gasteiger partial charge in [0.2, 0.25) is 0 Å². The molecule has 2 rings (SSSR count). The SMILES string of the molecule is O=C(O)C1CCC(NCc2ccno2)CC1. The fraction of sp³-hybridized carbons (Fsp3) is 0.636. The number of nitrogens with zero attached hydrogens (tertiary/aromatic N) is 1. The summed E-state index contributed by atoms with van der Waals surface area (Å²) in [5, 5.41) is 15.8. The first-order valence-corrected chi connectivity index (χ1v) is 5.61. The van der Waals surface area contributed by atoms with Crippen LogP contribution in [-0.4, -0.2) is 22.3 Å². The zero-order valence-electron chi connectivity index (χ0n) is 9.06. The summed E-state index contributed by atoms with van der Waals surface area (Å²) in [6.07, 6.45) is 5.00. The molecule has 0 atom stereocenters. The molecule has 1 aromatic rings. The molecule has 0 aliphatic heterocycles. The molecule has 0 amide bonds. The zero-order valence-corrected chi connectivity index (χ0v) is 9.06. The Hall–Kier alpha value is -1.36. The highest BCUT2D eigenvalue weighted by atomic mass is 16.5. The summed E-state index contributed by atoms with van der Waals surface area (Å²) in [4.78, 5) is 10.8. The first-order valence-electron chi connectivity index (χ1n) is 5.61. The van der Waals surface area contributed by atoms with E-state index in [1.807, 2.05) is 6.07 Å². The summed E-state index contributed by atoms with van der Waals surface area (Å²) in [6.45, 7) is 0.669. The highest BCUT2D eigenvalue weighted by molar-refractivity contribution is 5.70. The molecule has 88 valence electrons. The van der Waals surface area contributed by atoms with Crippen LogP contribution in [0, 0.1) is 5.92 Å². The van der Waals surface area contributed by atoms with Crippen LogP contribution in [0.3, 0.4) is 0 Å². The first kappa shape index (κ1) is 11.1. The van der Waals surface area contributed by atoms with Gasteiger partial charge in [0.15, 0.2) is 0 Å². The summed E-state index contributed by atoms with van der Waals surface area (Å²) in [7, 11) is 0. The second-order valence-corrected chi connectivity index (χ2v) is 4.25. The standard InChI is InChI=1S/C11H16N2O3/c14-11(15)8-1-3-9(4-2-8)12-7-10-5-6-13-16-10/h5-6,8-9,12H,1-4,7H2,(H,14,15). The molecule has 0 unspecified atom stereocenters. The molecule has 0 saturated heterocycles. The van der Waals surface area contributed by atoms with E-state index in [-0.39, 0.29) is 5.92 Å². The van der Waals surface area contributed by atoms with Crippen molar-refractivity contribution in [1.82, 2.24) is 10.5 Å². The van der Waals surface area contributed by atoms with Gasteiger partial charge < -0.3 is 14.9 Å². The minimum absolute atomic E-state index is 0.150. The maximum Gasteiger partial charge on any atom is 0.306 e. The van der Waals surface area contributed by atoms with Gasteiger partial charge in [-0.15, -0.1) is 0 Å². The highest BCUT2D eigenvalue weighted by Gasteiger charge is 2.25. The van der Waals surface area contributed by atoms with Crippen molar-refractivity contribution < 1.29 is 14.4 Å². The van der Waals surface area contributed by atoms with Gasteiger partial charge in [0.05, 0.1) is 18.7 Å². The van der Waals surface area contributed by atoms with Gasteiger partial charge in [0.25, 0.3) is 0 Å². The molecule has 1 aromatic heterocycles. The van der Waals surface area contributed by atoms with Crippen molar-refractivity contribution in [2.45, 2.75) is 38.3 Å². The Kier molecular flexibility index (Phi) is 3.56. The smallest absolute Gasteiger partial charge is 0.306 e. The van der Waals surface area contributed by atoms with Crippen LogP contribution in [0.15, 0.2) is 16.8 Å². The van der Waals surface area contributed by atoms with Crippen molar-refractivity contribution in [3.8, 4) is 0 Å². The number of aromatic nitrogens is 1. The topological polar surface area (TPSA) is 75.4 Å². The number of aliphatic carboxylic acids is 1. The van der Waals surface area contributed by atoms with Crippen molar-refractivity contribution in [2.24, 2.45) is 5.92 Å². The van der Waals surface area contributed by atoms with Crippen LogP contribution in [0.2, 0.25) is 0 Å². The lowest BCUT2D eigenvalue weighted by Gasteiger charge is -2.26. The lowest BCUT2D eigenvalue weighted by molar-refractivity contribution is -0.142. The van der Waals surface area contributed by atoms with Crippen molar-refractivity contribution in [3.05, 3.63) is 18.0 Å². The van der Waals surface area contributed by atoms with Gasteiger partial charge >= 0.3 is 5.97 Å². The maximum absolute atomic E-state index is 10.8. The predicted molar refractivity (Wildman–Crippen MR) is 56.7 cm³/mol. The Morgan fingerprint density at radius 3 is 2.81 bits per heavy atom. The molecule has 1 fully saturated rings. The molecule has 0 radical (unpaired) electrons. The summed E-state index contributed by atoms with van der Waals surface area (Å²) >= 11 is 0. The number of hydrogen-bond donors (Lipinski definition) is 2. The molecule has 1 aliphatic carbocycles. The first-order chi connectivity index (χ1) is 7.75. The van der Waals surface area contributed by atoms with Crippen molar-refractivity contribution in [3.63, 3.8) is 0 Å². The van der Waals surface area contributed by atoms with Crippen LogP contribution >= 0.6 is 0 Å². The van der Waals surface area contributed by atoms with Crippen LogP contribution in [0.1, 0.15) is 31.4 Å². The monoisotopic (exact) mass is 224 g/mol.